The standard InChI is InChI=1S/C16H16FN3/c1-18-10-9-15-19-16(12-6-2-3-7-13(12)17)14-8-4-5-11-20(14)15/h2-8,11,18H,9-10H2,1H3. The largest absolute Gasteiger partial charge is 0.319 e. The molecule has 0 aliphatic carbocycles. The van der Waals surface area contributed by atoms with Gasteiger partial charge in [-0.05, 0) is 31.3 Å². The molecule has 0 spiro atoms. The summed E-state index contributed by atoms with van der Waals surface area (Å²) in [6, 6.07) is 12.6. The van der Waals surface area contributed by atoms with Crippen LogP contribution < -0.4 is 5.32 Å². The number of nitrogens with one attached hydrogen (secondary N) is 1. The van der Waals surface area contributed by atoms with Crippen molar-refractivity contribution in [1.82, 2.24) is 14.7 Å². The molecule has 0 fully saturated rings. The molecule has 2 aromatic heterocycles. The number of nitrogens with zero attached hydrogens (tertiary/aromatic N) is 2. The Labute approximate surface area is 117 Å². The molecular weight excluding hydrogens is 253 g/mol. The normalized spacial score (nSPS) is 11.1. The van der Waals surface area contributed by atoms with Crippen molar-refractivity contribution in [2.75, 3.05) is 13.6 Å². The zero-order valence-corrected chi connectivity index (χ0v) is 11.3. The molecule has 0 aliphatic rings. The van der Waals surface area contributed by atoms with Gasteiger partial charge >= 0.3 is 0 Å². The molecule has 3 aromatic rings. The number of imidazole rings is 1. The van der Waals surface area contributed by atoms with E-state index in [9.17, 15) is 4.39 Å². The molecule has 20 heavy (non-hydrogen) atoms. The van der Waals surface area contributed by atoms with Gasteiger partial charge in [0.2, 0.25) is 0 Å². The maximum absolute atomic E-state index is 14.0. The molecule has 0 atom stereocenters. The van der Waals surface area contributed by atoms with E-state index in [1.54, 1.807) is 12.1 Å². The van der Waals surface area contributed by atoms with Gasteiger partial charge in [0.05, 0.1) is 11.2 Å². The molecule has 3 nitrogen and oxygen atoms in total. The van der Waals surface area contributed by atoms with Crippen LogP contribution in [0.4, 0.5) is 4.39 Å². The Bertz CT molecular complexity index is 733. The number of likely N-dealkylation sites (N-methyl/N-ethyl adjacent to an activating group) is 1. The van der Waals surface area contributed by atoms with Crippen LogP contribution in [0.3, 0.4) is 0 Å². The van der Waals surface area contributed by atoms with E-state index in [-0.39, 0.29) is 5.82 Å². The Hall–Kier alpha value is -2.20. The molecule has 0 saturated carbocycles. The molecule has 0 radical (unpaired) electrons. The average molecular weight is 269 g/mol. The van der Waals surface area contributed by atoms with Crippen LogP contribution in [-0.2, 0) is 6.42 Å². The Balaban J connectivity index is 2.19. The number of hydrogen-bond acceptors (Lipinski definition) is 2. The summed E-state index contributed by atoms with van der Waals surface area (Å²) < 4.78 is 16.0. The van der Waals surface area contributed by atoms with E-state index < -0.39 is 0 Å². The number of benzene rings is 1. The molecular formula is C16H16FN3. The van der Waals surface area contributed by atoms with Crippen LogP contribution in [0.5, 0.6) is 0 Å². The highest BCUT2D eigenvalue weighted by Gasteiger charge is 2.14. The lowest BCUT2D eigenvalue weighted by Gasteiger charge is -2.00. The number of aromatic nitrogens is 2. The van der Waals surface area contributed by atoms with E-state index in [4.69, 9.17) is 0 Å². The summed E-state index contributed by atoms with van der Waals surface area (Å²) in [5.74, 6) is 0.699. The van der Waals surface area contributed by atoms with E-state index in [1.165, 1.54) is 6.07 Å². The molecule has 2 heterocycles. The third-order valence-corrected chi connectivity index (χ3v) is 3.35. The second kappa shape index (κ2) is 5.43. The number of hydrogen-bond donors (Lipinski definition) is 1. The maximum atomic E-state index is 14.0. The predicted molar refractivity (Wildman–Crippen MR) is 78.2 cm³/mol. The highest BCUT2D eigenvalue weighted by atomic mass is 19.1. The third-order valence-electron chi connectivity index (χ3n) is 3.35. The second-order valence-electron chi connectivity index (χ2n) is 4.67. The first-order chi connectivity index (χ1) is 9.81. The van der Waals surface area contributed by atoms with Gasteiger partial charge in [-0.1, -0.05) is 18.2 Å². The van der Waals surface area contributed by atoms with E-state index >= 15 is 0 Å². The highest BCUT2D eigenvalue weighted by Crippen LogP contribution is 2.27. The van der Waals surface area contributed by atoms with Crippen molar-refractivity contribution in [3.63, 3.8) is 0 Å². The van der Waals surface area contributed by atoms with Gasteiger partial charge in [-0.15, -0.1) is 0 Å². The highest BCUT2D eigenvalue weighted by molar-refractivity contribution is 5.78. The van der Waals surface area contributed by atoms with Crippen LogP contribution in [0, 0.1) is 5.82 Å². The monoisotopic (exact) mass is 269 g/mol. The molecule has 3 rings (SSSR count). The summed E-state index contributed by atoms with van der Waals surface area (Å²) >= 11 is 0. The number of fused-ring (bicyclic) bond motifs is 1. The first-order valence-corrected chi connectivity index (χ1v) is 6.66. The molecule has 1 aromatic carbocycles. The van der Waals surface area contributed by atoms with Gasteiger partial charge in [-0.2, -0.15) is 0 Å². The number of pyridine rings is 1. The van der Waals surface area contributed by atoms with Gasteiger partial charge in [0.1, 0.15) is 11.6 Å². The van der Waals surface area contributed by atoms with E-state index in [1.807, 2.05) is 41.9 Å². The Morgan fingerprint density at radius 1 is 1.15 bits per heavy atom. The zero-order chi connectivity index (χ0) is 13.9. The van der Waals surface area contributed by atoms with Gasteiger partial charge in [-0.3, -0.25) is 0 Å². The first-order valence-electron chi connectivity index (χ1n) is 6.66. The fraction of sp³-hybridized carbons (Fsp3) is 0.188. The Morgan fingerprint density at radius 3 is 2.75 bits per heavy atom. The average Bonchev–Trinajstić information content (AvgIpc) is 2.84. The lowest BCUT2D eigenvalue weighted by molar-refractivity contribution is 0.631. The number of halogens is 1. The third kappa shape index (κ3) is 2.18. The fourth-order valence-electron chi connectivity index (χ4n) is 2.37. The summed E-state index contributed by atoms with van der Waals surface area (Å²) in [6.07, 6.45) is 2.77. The van der Waals surface area contributed by atoms with E-state index in [0.717, 1.165) is 24.3 Å². The van der Waals surface area contributed by atoms with Crippen molar-refractivity contribution in [2.24, 2.45) is 0 Å². The van der Waals surface area contributed by atoms with Crippen molar-refractivity contribution in [3.8, 4) is 11.3 Å². The predicted octanol–water partition coefficient (Wildman–Crippen LogP) is 2.90. The second-order valence-corrected chi connectivity index (χ2v) is 4.67. The minimum Gasteiger partial charge on any atom is -0.319 e. The van der Waals surface area contributed by atoms with Crippen LogP contribution >= 0.6 is 0 Å². The van der Waals surface area contributed by atoms with Crippen LogP contribution in [-0.4, -0.2) is 23.0 Å². The molecule has 0 aliphatic heterocycles. The Kier molecular flexibility index (Phi) is 3.48. The van der Waals surface area contributed by atoms with Gasteiger partial charge in [0.25, 0.3) is 0 Å². The van der Waals surface area contributed by atoms with Gasteiger partial charge in [0, 0.05) is 24.7 Å². The van der Waals surface area contributed by atoms with E-state index in [0.29, 0.717) is 11.3 Å². The van der Waals surface area contributed by atoms with Crippen molar-refractivity contribution in [1.29, 1.82) is 0 Å². The molecule has 1 N–H and O–H groups in total. The van der Waals surface area contributed by atoms with Gasteiger partial charge in [-0.25, -0.2) is 9.37 Å². The zero-order valence-electron chi connectivity index (χ0n) is 11.3. The molecule has 0 bridgehead atoms. The fourth-order valence-corrected chi connectivity index (χ4v) is 2.37. The summed E-state index contributed by atoms with van der Waals surface area (Å²) in [5.41, 5.74) is 2.19. The minimum absolute atomic E-state index is 0.239. The first kappa shape index (κ1) is 12.8. The Morgan fingerprint density at radius 2 is 1.95 bits per heavy atom. The quantitative estimate of drug-likeness (QED) is 0.789. The summed E-state index contributed by atoms with van der Waals surface area (Å²) in [6.45, 7) is 0.838. The summed E-state index contributed by atoms with van der Waals surface area (Å²) in [5, 5.41) is 3.11. The molecule has 102 valence electrons. The summed E-state index contributed by atoms with van der Waals surface area (Å²) in [4.78, 5) is 4.64. The van der Waals surface area contributed by atoms with Crippen LogP contribution in [0.25, 0.3) is 16.8 Å². The number of rotatable bonds is 4. The smallest absolute Gasteiger partial charge is 0.132 e. The van der Waals surface area contributed by atoms with Crippen molar-refractivity contribution in [3.05, 3.63) is 60.3 Å². The van der Waals surface area contributed by atoms with Gasteiger partial charge in [0.15, 0.2) is 0 Å². The maximum Gasteiger partial charge on any atom is 0.132 e. The minimum atomic E-state index is -0.239. The topological polar surface area (TPSA) is 29.3 Å². The summed E-state index contributed by atoms with van der Waals surface area (Å²) in [7, 11) is 1.91. The van der Waals surface area contributed by atoms with E-state index in [2.05, 4.69) is 10.3 Å². The van der Waals surface area contributed by atoms with Crippen LogP contribution in [0.2, 0.25) is 0 Å². The van der Waals surface area contributed by atoms with Crippen molar-refractivity contribution in [2.45, 2.75) is 6.42 Å². The SMILES string of the molecule is CNCCc1nc(-c2ccccc2F)c2ccccn12. The molecule has 0 unspecified atom stereocenters. The lowest BCUT2D eigenvalue weighted by atomic mass is 10.1. The van der Waals surface area contributed by atoms with Crippen LogP contribution in [0.1, 0.15) is 5.82 Å². The lowest BCUT2D eigenvalue weighted by Crippen LogP contribution is -2.12. The molecule has 0 amide bonds. The molecule has 0 saturated heterocycles. The molecule has 4 heteroatoms. The van der Waals surface area contributed by atoms with Gasteiger partial charge < -0.3 is 9.72 Å². The van der Waals surface area contributed by atoms with Crippen molar-refractivity contribution >= 4 is 5.52 Å². The van der Waals surface area contributed by atoms with Crippen LogP contribution in [0.15, 0.2) is 48.7 Å². The van der Waals surface area contributed by atoms with Crippen molar-refractivity contribution < 1.29 is 4.39 Å².